The molecule has 0 aliphatic carbocycles. The van der Waals surface area contributed by atoms with E-state index in [-0.39, 0.29) is 18.3 Å². The fraction of sp³-hybridized carbons (Fsp3) is 0.357. The highest BCUT2D eigenvalue weighted by Crippen LogP contribution is 2.32. The van der Waals surface area contributed by atoms with Gasteiger partial charge in [0.2, 0.25) is 0 Å². The van der Waals surface area contributed by atoms with Crippen molar-refractivity contribution in [1.29, 1.82) is 0 Å². The molecule has 0 spiro atoms. The predicted molar refractivity (Wildman–Crippen MR) is 129 cm³/mol. The van der Waals surface area contributed by atoms with Gasteiger partial charge in [-0.2, -0.15) is 0 Å². The quantitative estimate of drug-likeness (QED) is 0.584. The molecule has 4 rings (SSSR count). The Morgan fingerprint density at radius 3 is 2.44 bits per heavy atom. The van der Waals surface area contributed by atoms with Gasteiger partial charge in [-0.25, -0.2) is 0 Å². The first-order valence-electron chi connectivity index (χ1n) is 11.5. The summed E-state index contributed by atoms with van der Waals surface area (Å²) < 4.78 is 0. The highest BCUT2D eigenvalue weighted by Gasteiger charge is 2.25. The third-order valence-corrected chi connectivity index (χ3v) is 6.63. The number of aromatic nitrogens is 1. The van der Waals surface area contributed by atoms with Gasteiger partial charge < -0.3 is 10.0 Å². The number of benzene rings is 2. The number of Topliss-reactive ketones (excluding diaryl/α,β-unsaturated/α-hetero) is 1. The first kappa shape index (κ1) is 22.2. The van der Waals surface area contributed by atoms with Gasteiger partial charge in [0.05, 0.1) is 5.92 Å². The van der Waals surface area contributed by atoms with Crippen molar-refractivity contribution in [1.82, 2.24) is 4.98 Å². The smallest absolute Gasteiger partial charge is 0.149 e. The number of piperidine rings is 1. The zero-order valence-corrected chi connectivity index (χ0v) is 19.0. The molecule has 4 nitrogen and oxygen atoms in total. The average Bonchev–Trinajstić information content (AvgIpc) is 2.81. The van der Waals surface area contributed by atoms with E-state index < -0.39 is 0 Å². The lowest BCUT2D eigenvalue weighted by Crippen LogP contribution is -2.34. The summed E-state index contributed by atoms with van der Waals surface area (Å²) in [6.07, 6.45) is 4.20. The van der Waals surface area contributed by atoms with E-state index in [1.165, 1.54) is 5.69 Å². The van der Waals surface area contributed by atoms with E-state index >= 15 is 0 Å². The summed E-state index contributed by atoms with van der Waals surface area (Å²) in [7, 11) is 0. The van der Waals surface area contributed by atoms with E-state index in [1.807, 2.05) is 31.2 Å². The second kappa shape index (κ2) is 10.1. The van der Waals surface area contributed by atoms with E-state index in [2.05, 4.69) is 53.2 Å². The molecule has 0 amide bonds. The lowest BCUT2D eigenvalue weighted by atomic mass is 9.83. The van der Waals surface area contributed by atoms with Gasteiger partial charge in [0.25, 0.3) is 0 Å². The number of carbonyl (C=O) groups excluding carboxylic acids is 1. The number of nitrogens with zero attached hydrogens (tertiary/aromatic N) is 2. The molecule has 0 radical (unpaired) electrons. The number of hydrogen-bond acceptors (Lipinski definition) is 4. The van der Waals surface area contributed by atoms with Crippen molar-refractivity contribution in [2.75, 3.05) is 24.6 Å². The van der Waals surface area contributed by atoms with Crippen LogP contribution in [-0.2, 0) is 11.2 Å². The number of hydrogen-bond donors (Lipinski definition) is 1. The van der Waals surface area contributed by atoms with Crippen LogP contribution in [0, 0.1) is 19.8 Å². The van der Waals surface area contributed by atoms with Crippen molar-refractivity contribution < 1.29 is 9.90 Å². The molecule has 1 aliphatic rings. The van der Waals surface area contributed by atoms with E-state index in [1.54, 1.807) is 6.20 Å². The molecule has 0 saturated carbocycles. The number of carbonyl (C=O) groups is 1. The van der Waals surface area contributed by atoms with Crippen molar-refractivity contribution in [2.24, 2.45) is 5.92 Å². The van der Waals surface area contributed by atoms with Gasteiger partial charge in [-0.1, -0.05) is 36.4 Å². The maximum absolute atomic E-state index is 13.6. The van der Waals surface area contributed by atoms with Gasteiger partial charge >= 0.3 is 0 Å². The summed E-state index contributed by atoms with van der Waals surface area (Å²) in [6.45, 7) is 6.24. The Morgan fingerprint density at radius 2 is 1.78 bits per heavy atom. The molecule has 1 atom stereocenters. The monoisotopic (exact) mass is 428 g/mol. The van der Waals surface area contributed by atoms with Crippen LogP contribution in [0.2, 0.25) is 0 Å². The average molecular weight is 429 g/mol. The fourth-order valence-electron chi connectivity index (χ4n) is 4.72. The summed E-state index contributed by atoms with van der Waals surface area (Å²) in [5.41, 5.74) is 6.35. The normalized spacial score (nSPS) is 15.5. The van der Waals surface area contributed by atoms with Crippen LogP contribution in [0.25, 0.3) is 0 Å². The summed E-state index contributed by atoms with van der Waals surface area (Å²) in [4.78, 5) is 20.2. The molecule has 2 aromatic carbocycles. The second-order valence-electron chi connectivity index (χ2n) is 8.94. The first-order chi connectivity index (χ1) is 15.5. The number of rotatable bonds is 7. The molecule has 4 heteroatoms. The van der Waals surface area contributed by atoms with Gasteiger partial charge in [-0.3, -0.25) is 9.78 Å². The molecule has 0 bridgehead atoms. The SMILES string of the molecule is Cc1cc(CC(=O)C(c2ccc(N3CCC(CO)CC3)cc2)c2ccccc2C)ccn1. The Kier molecular flexibility index (Phi) is 7.01. The maximum atomic E-state index is 13.6. The van der Waals surface area contributed by atoms with Gasteiger partial charge in [0.15, 0.2) is 0 Å². The number of anilines is 1. The molecule has 3 aromatic rings. The van der Waals surface area contributed by atoms with Crippen molar-refractivity contribution in [3.63, 3.8) is 0 Å². The third-order valence-electron chi connectivity index (χ3n) is 6.63. The van der Waals surface area contributed by atoms with Gasteiger partial charge in [0, 0.05) is 43.7 Å². The minimum Gasteiger partial charge on any atom is -0.396 e. The Balaban J connectivity index is 1.60. The van der Waals surface area contributed by atoms with Crippen LogP contribution in [-0.4, -0.2) is 35.6 Å². The lowest BCUT2D eigenvalue weighted by molar-refractivity contribution is -0.119. The molecule has 1 N–H and O–H groups in total. The zero-order valence-electron chi connectivity index (χ0n) is 19.0. The summed E-state index contributed by atoms with van der Waals surface area (Å²) >= 11 is 0. The third kappa shape index (κ3) is 5.08. The second-order valence-corrected chi connectivity index (χ2v) is 8.94. The minimum absolute atomic E-state index is 0.196. The Morgan fingerprint density at radius 1 is 1.06 bits per heavy atom. The number of aliphatic hydroxyl groups is 1. The van der Waals surface area contributed by atoms with Crippen LogP contribution >= 0.6 is 0 Å². The molecule has 1 aromatic heterocycles. The zero-order chi connectivity index (χ0) is 22.5. The van der Waals surface area contributed by atoms with Crippen molar-refractivity contribution in [3.8, 4) is 0 Å². The summed E-state index contributed by atoms with van der Waals surface area (Å²) in [6, 6.07) is 20.6. The van der Waals surface area contributed by atoms with Gasteiger partial charge in [-0.15, -0.1) is 0 Å². The molecule has 1 saturated heterocycles. The topological polar surface area (TPSA) is 53.4 Å². The predicted octanol–water partition coefficient (Wildman–Crippen LogP) is 4.85. The lowest BCUT2D eigenvalue weighted by Gasteiger charge is -2.33. The maximum Gasteiger partial charge on any atom is 0.149 e. The fourth-order valence-corrected chi connectivity index (χ4v) is 4.72. The largest absolute Gasteiger partial charge is 0.396 e. The Labute approximate surface area is 190 Å². The number of ketones is 1. The number of pyridine rings is 1. The van der Waals surface area contributed by atoms with E-state index in [4.69, 9.17) is 0 Å². The standard InChI is InChI=1S/C28H32N2O2/c1-20-5-3-4-6-26(20)28(27(32)18-23-11-14-29-21(2)17-23)24-7-9-25(10-8-24)30-15-12-22(19-31)13-16-30/h3-11,14,17,22,28,31H,12-13,15-16,18-19H2,1-2H3. The molecule has 166 valence electrons. The van der Waals surface area contributed by atoms with Gasteiger partial charge in [0.1, 0.15) is 5.78 Å². The van der Waals surface area contributed by atoms with Crippen molar-refractivity contribution in [3.05, 3.63) is 94.8 Å². The van der Waals surface area contributed by atoms with Crippen LogP contribution in [0.1, 0.15) is 46.7 Å². The highest BCUT2D eigenvalue weighted by atomic mass is 16.3. The molecule has 1 aliphatic heterocycles. The summed E-state index contributed by atoms with van der Waals surface area (Å²) in [5, 5.41) is 9.39. The van der Waals surface area contributed by atoms with E-state index in [0.717, 1.165) is 53.9 Å². The molecule has 1 unspecified atom stereocenters. The van der Waals surface area contributed by atoms with Crippen molar-refractivity contribution in [2.45, 2.75) is 39.0 Å². The number of aryl methyl sites for hydroxylation is 2. The van der Waals surface area contributed by atoms with Gasteiger partial charge in [-0.05, 0) is 79.1 Å². The first-order valence-corrected chi connectivity index (χ1v) is 11.5. The van der Waals surface area contributed by atoms with Crippen LogP contribution < -0.4 is 4.90 Å². The minimum atomic E-state index is -0.293. The van der Waals surface area contributed by atoms with Crippen LogP contribution in [0.15, 0.2) is 66.9 Å². The highest BCUT2D eigenvalue weighted by molar-refractivity contribution is 5.91. The van der Waals surface area contributed by atoms with Crippen LogP contribution in [0.4, 0.5) is 5.69 Å². The molecular weight excluding hydrogens is 396 g/mol. The number of aliphatic hydroxyl groups excluding tert-OH is 1. The summed E-state index contributed by atoms with van der Waals surface area (Å²) in [5.74, 6) is 0.325. The Bertz CT molecular complexity index is 1050. The van der Waals surface area contributed by atoms with Crippen LogP contribution in [0.5, 0.6) is 0 Å². The molecule has 1 fully saturated rings. The van der Waals surface area contributed by atoms with Crippen LogP contribution in [0.3, 0.4) is 0 Å². The van der Waals surface area contributed by atoms with E-state index in [9.17, 15) is 9.90 Å². The van der Waals surface area contributed by atoms with Crippen molar-refractivity contribution >= 4 is 11.5 Å². The Hall–Kier alpha value is -2.98. The molecule has 32 heavy (non-hydrogen) atoms. The van der Waals surface area contributed by atoms with E-state index in [0.29, 0.717) is 12.3 Å². The molecular formula is C28H32N2O2. The molecule has 2 heterocycles.